The summed E-state index contributed by atoms with van der Waals surface area (Å²) in [5.41, 5.74) is 1.50. The molecule has 0 aliphatic heterocycles. The summed E-state index contributed by atoms with van der Waals surface area (Å²) >= 11 is 1.62. The van der Waals surface area contributed by atoms with Crippen LogP contribution in [0.2, 0.25) is 0 Å². The van der Waals surface area contributed by atoms with Crippen LogP contribution in [-0.4, -0.2) is 31.7 Å². The molecule has 0 aliphatic carbocycles. The summed E-state index contributed by atoms with van der Waals surface area (Å²) in [7, 11) is -2.25. The summed E-state index contributed by atoms with van der Waals surface area (Å²) in [4.78, 5) is 18.1. The third kappa shape index (κ3) is 4.39. The Morgan fingerprint density at radius 1 is 1.30 bits per heavy atom. The van der Waals surface area contributed by atoms with Gasteiger partial charge in [0.2, 0.25) is 0 Å². The van der Waals surface area contributed by atoms with Crippen LogP contribution in [-0.2, 0) is 15.9 Å². The van der Waals surface area contributed by atoms with Gasteiger partial charge in [0.25, 0.3) is 0 Å². The van der Waals surface area contributed by atoms with E-state index in [0.29, 0.717) is 11.6 Å². The first-order chi connectivity index (χ1) is 12.6. The molecule has 0 fully saturated rings. The van der Waals surface area contributed by atoms with Gasteiger partial charge >= 0.3 is 0 Å². The molecule has 0 bridgehead atoms. The number of hydrogen-bond acceptors (Lipinski definition) is 4. The van der Waals surface area contributed by atoms with Gasteiger partial charge in [0.05, 0.1) is 0 Å². The van der Waals surface area contributed by atoms with Gasteiger partial charge in [-0.2, -0.15) is 0 Å². The average molecular weight is 401 g/mol. The van der Waals surface area contributed by atoms with Gasteiger partial charge in [-0.1, -0.05) is 26.0 Å². The fourth-order valence-corrected chi connectivity index (χ4v) is 4.56. The number of Topliss-reactive ketones (excluding diaryl/α,β-unsaturated/α-hetero) is 1. The number of carbonyl (C=O) groups is 1. The number of aromatic nitrogens is 2. The average Bonchev–Trinajstić information content (AvgIpc) is 3.20. The zero-order valence-corrected chi connectivity index (χ0v) is 17.7. The summed E-state index contributed by atoms with van der Waals surface area (Å²) in [6.45, 7) is 5.82. The lowest BCUT2D eigenvalue weighted by atomic mass is 10.1. The monoisotopic (exact) mass is 400 g/mol. The minimum absolute atomic E-state index is 0.0311. The van der Waals surface area contributed by atoms with Crippen LogP contribution in [0, 0.1) is 5.92 Å². The first kappa shape index (κ1) is 19.6. The van der Waals surface area contributed by atoms with E-state index in [1.165, 1.54) is 6.92 Å². The summed E-state index contributed by atoms with van der Waals surface area (Å²) < 4.78 is 14.3. The molecule has 2 heterocycles. The van der Waals surface area contributed by atoms with Crippen molar-refractivity contribution in [3.63, 3.8) is 0 Å². The van der Waals surface area contributed by atoms with E-state index in [-0.39, 0.29) is 5.78 Å². The van der Waals surface area contributed by atoms with Gasteiger partial charge in [-0.25, -0.2) is 4.98 Å². The van der Waals surface area contributed by atoms with Crippen LogP contribution in [0.3, 0.4) is 0 Å². The van der Waals surface area contributed by atoms with Crippen LogP contribution in [0.15, 0.2) is 47.5 Å². The topological polar surface area (TPSA) is 52.0 Å². The van der Waals surface area contributed by atoms with E-state index in [9.17, 15) is 9.00 Å². The van der Waals surface area contributed by atoms with E-state index >= 15 is 0 Å². The van der Waals surface area contributed by atoms with Crippen LogP contribution in [0.5, 0.6) is 0 Å². The van der Waals surface area contributed by atoms with Crippen LogP contribution in [0.4, 0.5) is 0 Å². The molecular formula is C21H24N2O2S2. The predicted molar refractivity (Wildman–Crippen MR) is 115 cm³/mol. The molecule has 6 heteroatoms. The van der Waals surface area contributed by atoms with Gasteiger partial charge in [0.1, 0.15) is 16.5 Å². The molecule has 0 saturated carbocycles. The number of ketones is 1. The van der Waals surface area contributed by atoms with Crippen LogP contribution in [0.1, 0.15) is 37.1 Å². The van der Waals surface area contributed by atoms with Crippen LogP contribution in [0.25, 0.3) is 15.4 Å². The van der Waals surface area contributed by atoms with Crippen molar-refractivity contribution in [1.29, 1.82) is 0 Å². The number of imidazole rings is 1. The van der Waals surface area contributed by atoms with Gasteiger partial charge in [-0.3, -0.25) is 13.6 Å². The molecule has 0 amide bonds. The minimum Gasteiger partial charge on any atom is -0.294 e. The Hall–Kier alpha value is -2.18. The van der Waals surface area contributed by atoms with Gasteiger partial charge in [-0.15, -0.1) is 11.3 Å². The van der Waals surface area contributed by atoms with Crippen molar-refractivity contribution < 1.29 is 9.00 Å². The molecule has 1 aromatic carbocycles. The highest BCUT2D eigenvalue weighted by atomic mass is 32.2. The van der Waals surface area contributed by atoms with Crippen molar-refractivity contribution in [3.8, 4) is 15.4 Å². The highest BCUT2D eigenvalue weighted by Crippen LogP contribution is 2.32. The Morgan fingerprint density at radius 2 is 2.04 bits per heavy atom. The number of carbonyl (C=O) groups excluding carboxylic acids is 1. The highest BCUT2D eigenvalue weighted by Gasteiger charge is 2.15. The molecule has 1 atom stereocenters. The fraction of sp³-hybridized carbons (Fsp3) is 0.286. The van der Waals surface area contributed by atoms with Crippen molar-refractivity contribution in [1.82, 2.24) is 9.55 Å². The minimum atomic E-state index is -2.25. The van der Waals surface area contributed by atoms with Crippen LogP contribution >= 0.6 is 11.3 Å². The Kier molecular flexibility index (Phi) is 5.40. The molecule has 27 heavy (non-hydrogen) atoms. The van der Waals surface area contributed by atoms with Crippen LogP contribution < -0.4 is 0 Å². The Labute approximate surface area is 164 Å². The van der Waals surface area contributed by atoms with Gasteiger partial charge < -0.3 is 0 Å². The van der Waals surface area contributed by atoms with E-state index in [1.54, 1.807) is 17.6 Å². The lowest BCUT2D eigenvalue weighted by molar-refractivity contribution is 0.101. The number of thiophene rings is 1. The number of benzene rings is 1. The molecule has 0 spiro atoms. The summed E-state index contributed by atoms with van der Waals surface area (Å²) in [5.74, 6) is 5.08. The normalized spacial score (nSPS) is 13.7. The largest absolute Gasteiger partial charge is 0.294 e. The zero-order valence-electron chi connectivity index (χ0n) is 16.1. The standard InChI is InChI=1S/C21H24N2O2S2/c1-14(2)11-20-22-18(15(3)24)13-23(20)21-10-9-19(26-21)16-7-6-8-17(12-16)27(4,5)25/h6-10,12-14H,4,11H2,1-3,5H3. The first-order valence-corrected chi connectivity index (χ1v) is 11.7. The molecule has 0 aliphatic rings. The summed E-state index contributed by atoms with van der Waals surface area (Å²) in [6.07, 6.45) is 4.27. The molecule has 142 valence electrons. The molecule has 0 saturated heterocycles. The number of rotatable bonds is 6. The Morgan fingerprint density at radius 3 is 2.67 bits per heavy atom. The second-order valence-electron chi connectivity index (χ2n) is 7.24. The predicted octanol–water partition coefficient (Wildman–Crippen LogP) is 4.71. The van der Waals surface area contributed by atoms with Crippen molar-refractivity contribution in [2.45, 2.75) is 32.1 Å². The summed E-state index contributed by atoms with van der Waals surface area (Å²) in [5, 5.41) is 1.01. The lowest BCUT2D eigenvalue weighted by Crippen LogP contribution is -2.03. The maximum absolute atomic E-state index is 12.3. The zero-order chi connectivity index (χ0) is 19.8. The molecule has 4 nitrogen and oxygen atoms in total. The van der Waals surface area contributed by atoms with Crippen molar-refractivity contribution in [2.24, 2.45) is 5.92 Å². The van der Waals surface area contributed by atoms with E-state index < -0.39 is 9.52 Å². The fourth-order valence-electron chi connectivity index (χ4n) is 2.82. The molecular weight excluding hydrogens is 376 g/mol. The molecule has 3 rings (SSSR count). The number of nitrogens with zero attached hydrogens (tertiary/aromatic N) is 2. The molecule has 2 aromatic heterocycles. The third-order valence-corrected chi connectivity index (χ3v) is 6.56. The smallest absolute Gasteiger partial charge is 0.179 e. The third-order valence-electron chi connectivity index (χ3n) is 4.18. The molecule has 0 radical (unpaired) electrons. The van der Waals surface area contributed by atoms with Crippen molar-refractivity contribution >= 4 is 32.5 Å². The molecule has 1 unspecified atom stereocenters. The van der Waals surface area contributed by atoms with E-state index in [4.69, 9.17) is 0 Å². The summed E-state index contributed by atoms with van der Waals surface area (Å²) in [6, 6.07) is 11.8. The van der Waals surface area contributed by atoms with E-state index in [2.05, 4.69) is 24.7 Å². The van der Waals surface area contributed by atoms with E-state index in [0.717, 1.165) is 32.6 Å². The van der Waals surface area contributed by atoms with Gasteiger partial charge in [0.15, 0.2) is 5.78 Å². The van der Waals surface area contributed by atoms with Crippen molar-refractivity contribution in [2.75, 3.05) is 6.26 Å². The highest BCUT2D eigenvalue weighted by molar-refractivity contribution is 7.99. The maximum atomic E-state index is 12.3. The quantitative estimate of drug-likeness (QED) is 0.445. The Balaban J connectivity index is 2.03. The lowest BCUT2D eigenvalue weighted by Gasteiger charge is -2.07. The molecule has 3 aromatic rings. The second kappa shape index (κ2) is 7.44. The molecule has 0 N–H and O–H groups in total. The Bertz CT molecular complexity index is 1090. The first-order valence-electron chi connectivity index (χ1n) is 8.77. The maximum Gasteiger partial charge on any atom is 0.179 e. The van der Waals surface area contributed by atoms with Crippen molar-refractivity contribution in [3.05, 3.63) is 54.1 Å². The number of hydrogen-bond donors (Lipinski definition) is 0. The SMILES string of the molecule is C=S(C)(=O)c1cccc(-c2ccc(-n3cc(C(C)=O)nc3CC(C)C)s2)c1. The second-order valence-corrected chi connectivity index (χ2v) is 10.8. The van der Waals surface area contributed by atoms with E-state index in [1.807, 2.05) is 47.2 Å². The van der Waals surface area contributed by atoms with Gasteiger partial charge in [-0.05, 0) is 51.1 Å². The van der Waals surface area contributed by atoms with Gasteiger partial charge in [0, 0.05) is 35.6 Å².